The molecule has 0 spiro atoms. The third-order valence-corrected chi connectivity index (χ3v) is 2.89. The van der Waals surface area contributed by atoms with Crippen LogP contribution in [0.2, 0.25) is 0 Å². The second-order valence-electron chi connectivity index (χ2n) is 4.21. The predicted octanol–water partition coefficient (Wildman–Crippen LogP) is 0.775. The lowest BCUT2D eigenvalue weighted by Crippen LogP contribution is -2.31. The number of hydrogen-bond donors (Lipinski definition) is 2. The van der Waals surface area contributed by atoms with Crippen LogP contribution in [0, 0.1) is 0 Å². The molecule has 4 nitrogen and oxygen atoms in total. The fourth-order valence-electron chi connectivity index (χ4n) is 1.99. The Hall–Kier alpha value is -1.39. The number of aliphatic hydroxyl groups excluding tert-OH is 1. The summed E-state index contributed by atoms with van der Waals surface area (Å²) in [5.41, 5.74) is 1.61. The molecule has 1 aromatic carbocycles. The van der Waals surface area contributed by atoms with E-state index in [-0.39, 0.29) is 12.3 Å². The second-order valence-corrected chi connectivity index (χ2v) is 4.21. The van der Waals surface area contributed by atoms with Crippen LogP contribution in [0.4, 0.5) is 0 Å². The minimum absolute atomic E-state index is 0.243. The number of likely N-dealkylation sites (N-methyl/N-ethyl adjacent to an activating group) is 1. The van der Waals surface area contributed by atoms with Crippen LogP contribution in [0.5, 0.6) is 5.75 Å². The number of rotatable bonds is 4. The maximum atomic E-state index is 11.9. The van der Waals surface area contributed by atoms with E-state index in [1.54, 1.807) is 13.1 Å². The normalized spacial score (nSPS) is 15.9. The summed E-state index contributed by atoms with van der Waals surface area (Å²) in [6.45, 7) is 1.01. The number of nitrogens with one attached hydrogen (secondary N) is 1. The lowest BCUT2D eigenvalue weighted by Gasteiger charge is -2.18. The molecule has 1 heterocycles. The van der Waals surface area contributed by atoms with Crippen molar-refractivity contribution in [3.63, 3.8) is 0 Å². The zero-order chi connectivity index (χ0) is 12.3. The van der Waals surface area contributed by atoms with Gasteiger partial charge in [0.15, 0.2) is 5.78 Å². The third kappa shape index (κ3) is 2.65. The van der Waals surface area contributed by atoms with Crippen molar-refractivity contribution in [2.24, 2.45) is 0 Å². The summed E-state index contributed by atoms with van der Waals surface area (Å²) in [6.07, 6.45) is 0.921. The summed E-state index contributed by atoms with van der Waals surface area (Å²) in [7, 11) is 1.71. The van der Waals surface area contributed by atoms with Gasteiger partial charge in [0.05, 0.1) is 6.61 Å². The maximum Gasteiger partial charge on any atom is 0.192 e. The van der Waals surface area contributed by atoms with Crippen molar-refractivity contribution in [3.8, 4) is 5.75 Å². The highest BCUT2D eigenvalue weighted by atomic mass is 16.5. The number of carbonyl (C=O) groups excluding carboxylic acids is 1. The zero-order valence-corrected chi connectivity index (χ0v) is 9.90. The van der Waals surface area contributed by atoms with Crippen molar-refractivity contribution in [1.82, 2.24) is 5.32 Å². The van der Waals surface area contributed by atoms with E-state index in [4.69, 9.17) is 4.74 Å². The van der Waals surface area contributed by atoms with E-state index in [1.807, 2.05) is 12.1 Å². The van der Waals surface area contributed by atoms with Gasteiger partial charge < -0.3 is 15.2 Å². The monoisotopic (exact) mass is 235 g/mol. The Bertz CT molecular complexity index is 417. The molecule has 0 aromatic heterocycles. The molecule has 0 radical (unpaired) electrons. The van der Waals surface area contributed by atoms with Crippen LogP contribution in [0.3, 0.4) is 0 Å². The zero-order valence-electron chi connectivity index (χ0n) is 9.90. The number of hydrogen-bond acceptors (Lipinski definition) is 4. The molecule has 1 atom stereocenters. The molecule has 1 unspecified atom stereocenters. The first-order valence-corrected chi connectivity index (χ1v) is 5.85. The number of aliphatic hydroxyl groups is 1. The van der Waals surface area contributed by atoms with Crippen molar-refractivity contribution in [2.45, 2.75) is 18.9 Å². The lowest BCUT2D eigenvalue weighted by molar-refractivity contribution is 0.0750. The number of carbonyl (C=O) groups is 1. The highest BCUT2D eigenvalue weighted by Gasteiger charge is 2.18. The summed E-state index contributed by atoms with van der Waals surface area (Å²) < 4.78 is 5.48. The van der Waals surface area contributed by atoms with Crippen LogP contribution < -0.4 is 10.1 Å². The number of ketones is 1. The fourth-order valence-corrected chi connectivity index (χ4v) is 1.99. The maximum absolute atomic E-state index is 11.9. The van der Waals surface area contributed by atoms with Gasteiger partial charge in [0.1, 0.15) is 11.9 Å². The smallest absolute Gasteiger partial charge is 0.192 e. The molecule has 0 bridgehead atoms. The SMILES string of the molecule is CNCC(O)C(=O)c1ccc2c(c1)CCCO2. The van der Waals surface area contributed by atoms with Crippen LogP contribution in [-0.4, -0.2) is 37.2 Å². The first-order valence-electron chi connectivity index (χ1n) is 5.85. The first-order chi connectivity index (χ1) is 8.22. The van der Waals surface area contributed by atoms with Gasteiger partial charge in [-0.2, -0.15) is 0 Å². The van der Waals surface area contributed by atoms with Crippen molar-refractivity contribution in [1.29, 1.82) is 0 Å². The van der Waals surface area contributed by atoms with Gasteiger partial charge in [0.2, 0.25) is 0 Å². The highest BCUT2D eigenvalue weighted by Crippen LogP contribution is 2.25. The average Bonchev–Trinajstić information content (AvgIpc) is 2.37. The summed E-state index contributed by atoms with van der Waals surface area (Å²) in [6, 6.07) is 5.36. The highest BCUT2D eigenvalue weighted by molar-refractivity contribution is 5.99. The van der Waals surface area contributed by atoms with Gasteiger partial charge in [0.25, 0.3) is 0 Å². The molecular weight excluding hydrogens is 218 g/mol. The lowest BCUT2D eigenvalue weighted by atomic mass is 9.99. The van der Waals surface area contributed by atoms with Gasteiger partial charge in [-0.25, -0.2) is 0 Å². The van der Waals surface area contributed by atoms with Gasteiger partial charge in [-0.3, -0.25) is 4.79 Å². The van der Waals surface area contributed by atoms with Gasteiger partial charge in [-0.1, -0.05) is 0 Å². The molecule has 17 heavy (non-hydrogen) atoms. The first kappa shape index (κ1) is 12.1. The van der Waals surface area contributed by atoms with Gasteiger partial charge >= 0.3 is 0 Å². The number of Topliss-reactive ketones (excluding diaryl/α,β-unsaturated/α-hetero) is 1. The summed E-state index contributed by atoms with van der Waals surface area (Å²) in [5.74, 6) is 0.614. The Labute approximate surface area is 101 Å². The topological polar surface area (TPSA) is 58.6 Å². The second kappa shape index (κ2) is 5.29. The molecule has 1 aliphatic rings. The summed E-state index contributed by atoms with van der Waals surface area (Å²) in [5, 5.41) is 12.4. The van der Waals surface area contributed by atoms with E-state index < -0.39 is 6.10 Å². The third-order valence-electron chi connectivity index (χ3n) is 2.89. The number of benzene rings is 1. The Morgan fingerprint density at radius 1 is 1.59 bits per heavy atom. The molecule has 0 saturated carbocycles. The molecule has 0 saturated heterocycles. The Balaban J connectivity index is 2.19. The van der Waals surface area contributed by atoms with Crippen molar-refractivity contribution < 1.29 is 14.6 Å². The molecule has 2 N–H and O–H groups in total. The molecular formula is C13H17NO3. The minimum atomic E-state index is -0.984. The Morgan fingerprint density at radius 3 is 3.18 bits per heavy atom. The van der Waals surface area contributed by atoms with Crippen LogP contribution in [-0.2, 0) is 6.42 Å². The van der Waals surface area contributed by atoms with Gasteiger partial charge in [-0.15, -0.1) is 0 Å². The van der Waals surface area contributed by atoms with Gasteiger partial charge in [0, 0.05) is 12.1 Å². The van der Waals surface area contributed by atoms with E-state index in [0.717, 1.165) is 30.8 Å². The summed E-state index contributed by atoms with van der Waals surface area (Å²) >= 11 is 0. The standard InChI is InChI=1S/C13H17NO3/c1-14-8-11(15)13(16)10-4-5-12-9(7-10)3-2-6-17-12/h4-5,7,11,14-15H,2-3,6,8H2,1H3. The van der Waals surface area contributed by atoms with Crippen LogP contribution in [0.1, 0.15) is 22.3 Å². The van der Waals surface area contributed by atoms with Gasteiger partial charge in [-0.05, 0) is 43.7 Å². The van der Waals surface area contributed by atoms with Crippen LogP contribution in [0.15, 0.2) is 18.2 Å². The van der Waals surface area contributed by atoms with E-state index in [1.165, 1.54) is 0 Å². The molecule has 4 heteroatoms. The minimum Gasteiger partial charge on any atom is -0.493 e. The van der Waals surface area contributed by atoms with Crippen molar-refractivity contribution in [2.75, 3.05) is 20.2 Å². The predicted molar refractivity (Wildman–Crippen MR) is 64.5 cm³/mol. The molecule has 92 valence electrons. The fraction of sp³-hybridized carbons (Fsp3) is 0.462. The van der Waals surface area contributed by atoms with Crippen molar-refractivity contribution in [3.05, 3.63) is 29.3 Å². The number of ether oxygens (including phenoxy) is 1. The van der Waals surface area contributed by atoms with E-state index in [0.29, 0.717) is 5.56 Å². The van der Waals surface area contributed by atoms with E-state index >= 15 is 0 Å². The van der Waals surface area contributed by atoms with E-state index in [9.17, 15) is 9.90 Å². The van der Waals surface area contributed by atoms with E-state index in [2.05, 4.69) is 5.32 Å². The molecule has 0 aliphatic carbocycles. The largest absolute Gasteiger partial charge is 0.493 e. The molecule has 0 fully saturated rings. The molecule has 1 aromatic rings. The molecule has 1 aliphatic heterocycles. The Morgan fingerprint density at radius 2 is 2.41 bits per heavy atom. The molecule has 0 amide bonds. The number of aryl methyl sites for hydroxylation is 1. The average molecular weight is 235 g/mol. The number of fused-ring (bicyclic) bond motifs is 1. The van der Waals surface area contributed by atoms with Crippen LogP contribution in [0.25, 0.3) is 0 Å². The summed E-state index contributed by atoms with van der Waals surface area (Å²) in [4.78, 5) is 11.9. The van der Waals surface area contributed by atoms with Crippen LogP contribution >= 0.6 is 0 Å². The Kier molecular flexibility index (Phi) is 3.76. The molecule has 2 rings (SSSR count). The quantitative estimate of drug-likeness (QED) is 0.757. The van der Waals surface area contributed by atoms with Crippen molar-refractivity contribution >= 4 is 5.78 Å².